The zero-order valence-electron chi connectivity index (χ0n) is 17.6. The summed E-state index contributed by atoms with van der Waals surface area (Å²) in [7, 11) is 0. The van der Waals surface area contributed by atoms with Gasteiger partial charge in [-0.1, -0.05) is 35.9 Å². The van der Waals surface area contributed by atoms with Gasteiger partial charge in [-0.3, -0.25) is 14.5 Å². The summed E-state index contributed by atoms with van der Waals surface area (Å²) in [5, 5.41) is 0.00646. The highest BCUT2D eigenvalue weighted by atomic mass is 35.5. The van der Waals surface area contributed by atoms with Gasteiger partial charge >= 0.3 is 0 Å². The van der Waals surface area contributed by atoms with E-state index in [9.17, 15) is 14.0 Å². The molecule has 34 heavy (non-hydrogen) atoms. The number of carbonyl (C=O) groups excluding carboxylic acids is 2. The van der Waals surface area contributed by atoms with Crippen molar-refractivity contribution in [1.82, 2.24) is 4.90 Å². The Morgan fingerprint density at radius 3 is 2.62 bits per heavy atom. The van der Waals surface area contributed by atoms with E-state index < -0.39 is 5.91 Å². The van der Waals surface area contributed by atoms with E-state index in [1.807, 2.05) is 6.07 Å². The van der Waals surface area contributed by atoms with Crippen LogP contribution in [0.1, 0.15) is 16.7 Å². The summed E-state index contributed by atoms with van der Waals surface area (Å²) >= 11 is 7.18. The lowest BCUT2D eigenvalue weighted by Crippen LogP contribution is -2.27. The van der Waals surface area contributed by atoms with Gasteiger partial charge in [0.2, 0.25) is 6.79 Å². The zero-order chi connectivity index (χ0) is 23.7. The number of carbonyl (C=O) groups is 2. The van der Waals surface area contributed by atoms with Crippen LogP contribution in [0.5, 0.6) is 17.2 Å². The molecule has 5 rings (SSSR count). The summed E-state index contributed by atoms with van der Waals surface area (Å²) in [5.41, 5.74) is 2.13. The second-order valence-electron chi connectivity index (χ2n) is 7.55. The molecule has 1 saturated heterocycles. The molecule has 0 spiro atoms. The number of imide groups is 1. The number of nitrogens with zero attached hydrogens (tertiary/aromatic N) is 1. The van der Waals surface area contributed by atoms with E-state index in [0.717, 1.165) is 22.2 Å². The number of hydrogen-bond acceptors (Lipinski definition) is 6. The van der Waals surface area contributed by atoms with E-state index >= 15 is 0 Å². The fourth-order valence-corrected chi connectivity index (χ4v) is 4.53. The Morgan fingerprint density at radius 1 is 1.06 bits per heavy atom. The van der Waals surface area contributed by atoms with Gasteiger partial charge in [0.15, 0.2) is 11.5 Å². The van der Waals surface area contributed by atoms with Gasteiger partial charge < -0.3 is 14.2 Å². The third-order valence-corrected chi connectivity index (χ3v) is 6.48. The van der Waals surface area contributed by atoms with Gasteiger partial charge in [-0.15, -0.1) is 0 Å². The number of rotatable bonds is 6. The van der Waals surface area contributed by atoms with Gasteiger partial charge in [0, 0.05) is 11.1 Å². The first-order chi connectivity index (χ1) is 16.5. The number of halogens is 2. The molecular weight excluding hydrogens is 481 g/mol. The van der Waals surface area contributed by atoms with Gasteiger partial charge in [0.05, 0.1) is 11.4 Å². The van der Waals surface area contributed by atoms with Crippen molar-refractivity contribution in [2.75, 3.05) is 6.79 Å². The predicted molar refractivity (Wildman–Crippen MR) is 126 cm³/mol. The lowest BCUT2D eigenvalue weighted by Gasteiger charge is -2.14. The summed E-state index contributed by atoms with van der Waals surface area (Å²) in [4.78, 5) is 27.0. The lowest BCUT2D eigenvalue weighted by molar-refractivity contribution is -0.123. The fourth-order valence-electron chi connectivity index (χ4n) is 3.48. The fraction of sp³-hybridized carbons (Fsp3) is 0.120. The maximum atomic E-state index is 13.1. The average molecular weight is 498 g/mol. The summed E-state index contributed by atoms with van der Waals surface area (Å²) in [5.74, 6) is 0.940. The Kier molecular flexibility index (Phi) is 6.17. The Balaban J connectivity index is 1.29. The van der Waals surface area contributed by atoms with Crippen LogP contribution in [0.2, 0.25) is 5.02 Å². The molecular formula is C25H17ClFNO5S. The van der Waals surface area contributed by atoms with Crippen LogP contribution in [-0.4, -0.2) is 22.8 Å². The predicted octanol–water partition coefficient (Wildman–Crippen LogP) is 6.02. The van der Waals surface area contributed by atoms with Crippen molar-refractivity contribution >= 4 is 40.6 Å². The molecule has 0 atom stereocenters. The van der Waals surface area contributed by atoms with E-state index in [1.165, 1.54) is 12.1 Å². The van der Waals surface area contributed by atoms with E-state index in [4.69, 9.17) is 25.8 Å². The largest absolute Gasteiger partial charge is 0.489 e. The van der Waals surface area contributed by atoms with Crippen molar-refractivity contribution in [1.29, 1.82) is 0 Å². The van der Waals surface area contributed by atoms with Gasteiger partial charge in [-0.05, 0) is 64.9 Å². The van der Waals surface area contributed by atoms with E-state index in [-0.39, 0.29) is 31.0 Å². The first-order valence-electron chi connectivity index (χ1n) is 10.3. The highest BCUT2D eigenvalue weighted by Gasteiger charge is 2.35. The topological polar surface area (TPSA) is 65.1 Å². The van der Waals surface area contributed by atoms with Gasteiger partial charge in [-0.25, -0.2) is 4.39 Å². The molecule has 9 heteroatoms. The molecule has 172 valence electrons. The minimum Gasteiger partial charge on any atom is -0.489 e. The first-order valence-corrected chi connectivity index (χ1v) is 11.5. The number of ether oxygens (including phenoxy) is 3. The summed E-state index contributed by atoms with van der Waals surface area (Å²) < 4.78 is 29.5. The molecule has 0 radical (unpaired) electrons. The molecule has 2 heterocycles. The molecule has 0 saturated carbocycles. The number of fused-ring (bicyclic) bond motifs is 1. The van der Waals surface area contributed by atoms with Crippen LogP contribution in [0, 0.1) is 5.82 Å². The molecule has 0 N–H and O–H groups in total. The average Bonchev–Trinajstić information content (AvgIpc) is 3.38. The molecule has 0 aliphatic carbocycles. The first kappa shape index (κ1) is 22.3. The Bertz CT molecular complexity index is 1310. The minimum atomic E-state index is -0.402. The number of amides is 2. The maximum Gasteiger partial charge on any atom is 0.293 e. The van der Waals surface area contributed by atoms with Crippen molar-refractivity contribution < 1.29 is 28.2 Å². The maximum absolute atomic E-state index is 13.1. The van der Waals surface area contributed by atoms with E-state index in [0.29, 0.717) is 38.3 Å². The normalized spacial score (nSPS) is 15.9. The summed E-state index contributed by atoms with van der Waals surface area (Å²) in [6.45, 7) is 0.404. The molecule has 1 fully saturated rings. The quantitative estimate of drug-likeness (QED) is 0.388. The molecule has 3 aromatic carbocycles. The monoisotopic (exact) mass is 497 g/mol. The lowest BCUT2D eigenvalue weighted by atomic mass is 10.1. The summed E-state index contributed by atoms with van der Waals surface area (Å²) in [6, 6.07) is 16.5. The van der Waals surface area contributed by atoms with Crippen molar-refractivity contribution in [2.45, 2.75) is 13.2 Å². The highest BCUT2D eigenvalue weighted by Crippen LogP contribution is 2.39. The highest BCUT2D eigenvalue weighted by molar-refractivity contribution is 8.18. The number of benzene rings is 3. The van der Waals surface area contributed by atoms with Crippen LogP contribution < -0.4 is 14.2 Å². The molecule has 0 unspecified atom stereocenters. The van der Waals surface area contributed by atoms with Crippen LogP contribution in [0.15, 0.2) is 65.6 Å². The SMILES string of the molecule is O=C1S/C(=C/c2cccc(OCc3ccc(F)cc3)c2)C(=O)N1Cc1cc2c(cc1Cl)OCO2. The summed E-state index contributed by atoms with van der Waals surface area (Å²) in [6.07, 6.45) is 1.65. The van der Waals surface area contributed by atoms with Crippen molar-refractivity contribution in [3.63, 3.8) is 0 Å². The van der Waals surface area contributed by atoms with E-state index in [2.05, 4.69) is 0 Å². The van der Waals surface area contributed by atoms with Gasteiger partial charge in [-0.2, -0.15) is 0 Å². The molecule has 3 aromatic rings. The number of thioether (sulfide) groups is 1. The molecule has 6 nitrogen and oxygen atoms in total. The smallest absolute Gasteiger partial charge is 0.293 e. The third-order valence-electron chi connectivity index (χ3n) is 5.22. The van der Waals surface area contributed by atoms with Crippen molar-refractivity contribution in [3.8, 4) is 17.2 Å². The molecule has 0 aromatic heterocycles. The molecule has 2 aliphatic rings. The zero-order valence-corrected chi connectivity index (χ0v) is 19.2. The van der Waals surface area contributed by atoms with Crippen LogP contribution >= 0.6 is 23.4 Å². The second kappa shape index (κ2) is 9.40. The van der Waals surface area contributed by atoms with Crippen molar-refractivity contribution in [3.05, 3.63) is 93.1 Å². The van der Waals surface area contributed by atoms with Crippen molar-refractivity contribution in [2.24, 2.45) is 0 Å². The van der Waals surface area contributed by atoms with Crippen LogP contribution in [0.4, 0.5) is 9.18 Å². The second-order valence-corrected chi connectivity index (χ2v) is 8.95. The molecule has 2 amide bonds. The Hall–Kier alpha value is -3.49. The van der Waals surface area contributed by atoms with Crippen LogP contribution in [-0.2, 0) is 17.9 Å². The molecule has 2 aliphatic heterocycles. The van der Waals surface area contributed by atoms with E-state index in [1.54, 1.807) is 48.5 Å². The Morgan fingerprint density at radius 2 is 1.82 bits per heavy atom. The Labute approximate surface area is 203 Å². The van der Waals surface area contributed by atoms with Gasteiger partial charge in [0.1, 0.15) is 18.2 Å². The van der Waals surface area contributed by atoms with Gasteiger partial charge in [0.25, 0.3) is 11.1 Å². The standard InChI is InChI=1S/C25H17ClFNO5S/c26-20-11-22-21(32-14-33-22)10-17(20)12-28-24(29)23(34-25(28)30)9-16-2-1-3-19(8-16)31-13-15-4-6-18(27)7-5-15/h1-11H,12-14H2/b23-9+. The van der Waals surface area contributed by atoms with Crippen LogP contribution in [0.3, 0.4) is 0 Å². The van der Waals surface area contributed by atoms with Crippen LogP contribution in [0.25, 0.3) is 6.08 Å². The number of hydrogen-bond donors (Lipinski definition) is 0. The third kappa shape index (κ3) is 4.73. The molecule has 0 bridgehead atoms. The minimum absolute atomic E-state index is 0.0261.